The van der Waals surface area contributed by atoms with Crippen LogP contribution in [0.3, 0.4) is 0 Å². The molecule has 0 radical (unpaired) electrons. The summed E-state index contributed by atoms with van der Waals surface area (Å²) in [5.74, 6) is 0.0817. The smallest absolute Gasteiger partial charge is 0.262 e. The van der Waals surface area contributed by atoms with Gasteiger partial charge in [-0.2, -0.15) is 0 Å². The number of hydrogen-bond donors (Lipinski definition) is 1. The summed E-state index contributed by atoms with van der Waals surface area (Å²) in [6, 6.07) is 12.3. The van der Waals surface area contributed by atoms with Crippen molar-refractivity contribution < 1.29 is 9.53 Å². The molecule has 1 N–H and O–H groups in total. The van der Waals surface area contributed by atoms with Gasteiger partial charge in [0.1, 0.15) is 10.8 Å². The van der Waals surface area contributed by atoms with Gasteiger partial charge in [0.05, 0.1) is 5.02 Å². The van der Waals surface area contributed by atoms with E-state index in [2.05, 4.69) is 10.3 Å². The van der Waals surface area contributed by atoms with Gasteiger partial charge in [0.2, 0.25) is 0 Å². The van der Waals surface area contributed by atoms with Gasteiger partial charge in [-0.05, 0) is 24.3 Å². The molecular weight excluding hydrogens is 367 g/mol. The van der Waals surface area contributed by atoms with E-state index in [0.717, 1.165) is 10.6 Å². The number of nitrogens with zero attached hydrogens (tertiary/aromatic N) is 1. The van der Waals surface area contributed by atoms with Crippen LogP contribution in [0.2, 0.25) is 10.0 Å². The lowest BCUT2D eigenvalue weighted by molar-refractivity contribution is -0.118. The molecule has 0 aliphatic carbocycles. The minimum absolute atomic E-state index is 0.165. The highest BCUT2D eigenvalue weighted by molar-refractivity contribution is 7.13. The molecule has 7 heteroatoms. The Balaban J connectivity index is 1.63. The third-order valence-electron chi connectivity index (χ3n) is 3.08. The van der Waals surface area contributed by atoms with Crippen LogP contribution in [0.4, 0.5) is 5.69 Å². The van der Waals surface area contributed by atoms with Crippen molar-refractivity contribution in [3.8, 4) is 16.3 Å². The summed E-state index contributed by atoms with van der Waals surface area (Å²) in [4.78, 5) is 16.3. The van der Waals surface area contributed by atoms with Crippen LogP contribution in [0.25, 0.3) is 10.6 Å². The predicted molar refractivity (Wildman–Crippen MR) is 98.1 cm³/mol. The molecule has 0 spiro atoms. The molecule has 3 aromatic rings. The molecule has 0 unspecified atom stereocenters. The number of carbonyl (C=O) groups is 1. The molecule has 0 aliphatic rings. The van der Waals surface area contributed by atoms with Gasteiger partial charge >= 0.3 is 0 Å². The zero-order valence-corrected chi connectivity index (χ0v) is 14.7. The van der Waals surface area contributed by atoms with Crippen LogP contribution in [-0.4, -0.2) is 17.5 Å². The number of carbonyl (C=O) groups excluding carboxylic acids is 1. The number of ether oxygens (including phenoxy) is 1. The third-order valence-corrected chi connectivity index (χ3v) is 4.45. The Morgan fingerprint density at radius 1 is 1.21 bits per heavy atom. The summed E-state index contributed by atoms with van der Waals surface area (Å²) in [6.07, 6.45) is 1.74. The first-order valence-electron chi connectivity index (χ1n) is 6.99. The molecular formula is C17H12Cl2N2O2S. The first-order chi connectivity index (χ1) is 11.6. The van der Waals surface area contributed by atoms with E-state index in [-0.39, 0.29) is 12.5 Å². The maximum atomic E-state index is 12.1. The van der Waals surface area contributed by atoms with Crippen molar-refractivity contribution >= 4 is 46.1 Å². The Kier molecular flexibility index (Phi) is 5.35. The number of amides is 1. The van der Waals surface area contributed by atoms with Gasteiger partial charge in [-0.25, -0.2) is 4.98 Å². The number of thiazole rings is 1. The molecule has 1 heterocycles. The van der Waals surface area contributed by atoms with Gasteiger partial charge < -0.3 is 10.1 Å². The molecule has 0 bridgehead atoms. The van der Waals surface area contributed by atoms with Crippen molar-refractivity contribution in [2.75, 3.05) is 11.9 Å². The summed E-state index contributed by atoms with van der Waals surface area (Å²) in [7, 11) is 0. The number of rotatable bonds is 5. The number of aromatic nitrogens is 1. The van der Waals surface area contributed by atoms with Gasteiger partial charge in [-0.3, -0.25) is 4.79 Å². The highest BCUT2D eigenvalue weighted by atomic mass is 35.5. The lowest BCUT2D eigenvalue weighted by Gasteiger charge is -2.09. The Morgan fingerprint density at radius 3 is 2.88 bits per heavy atom. The number of anilines is 1. The summed E-state index contributed by atoms with van der Waals surface area (Å²) in [5.41, 5.74) is 1.62. The van der Waals surface area contributed by atoms with Gasteiger partial charge in [-0.15, -0.1) is 11.3 Å². The minimum atomic E-state index is -0.290. The van der Waals surface area contributed by atoms with Crippen molar-refractivity contribution in [2.24, 2.45) is 0 Å². The van der Waals surface area contributed by atoms with Crippen LogP contribution in [0.15, 0.2) is 54.0 Å². The highest BCUT2D eigenvalue weighted by Gasteiger charge is 2.08. The third kappa shape index (κ3) is 4.26. The molecule has 0 saturated heterocycles. The predicted octanol–water partition coefficient (Wildman–Crippen LogP) is 5.13. The van der Waals surface area contributed by atoms with E-state index in [0.29, 0.717) is 21.5 Å². The van der Waals surface area contributed by atoms with E-state index in [1.807, 2.05) is 23.6 Å². The lowest BCUT2D eigenvalue weighted by Crippen LogP contribution is -2.20. The summed E-state index contributed by atoms with van der Waals surface area (Å²) in [6.45, 7) is -0.165. The van der Waals surface area contributed by atoms with Crippen LogP contribution in [0.1, 0.15) is 0 Å². The van der Waals surface area contributed by atoms with E-state index < -0.39 is 0 Å². The van der Waals surface area contributed by atoms with Gasteiger partial charge in [0.25, 0.3) is 5.91 Å². The van der Waals surface area contributed by atoms with Crippen LogP contribution in [0.5, 0.6) is 5.75 Å². The summed E-state index contributed by atoms with van der Waals surface area (Å²) >= 11 is 13.4. The maximum absolute atomic E-state index is 12.1. The molecule has 1 amide bonds. The van der Waals surface area contributed by atoms with E-state index in [9.17, 15) is 4.79 Å². The second kappa shape index (κ2) is 7.66. The van der Waals surface area contributed by atoms with Crippen molar-refractivity contribution in [3.05, 3.63) is 64.1 Å². The molecule has 2 aromatic carbocycles. The fourth-order valence-electron chi connectivity index (χ4n) is 2.02. The first-order valence-corrected chi connectivity index (χ1v) is 8.63. The highest BCUT2D eigenvalue weighted by Crippen LogP contribution is 2.28. The van der Waals surface area contributed by atoms with Crippen LogP contribution < -0.4 is 10.1 Å². The molecule has 3 rings (SSSR count). The molecule has 0 atom stereocenters. The monoisotopic (exact) mass is 378 g/mol. The molecule has 0 aliphatic heterocycles. The fraction of sp³-hybridized carbons (Fsp3) is 0.0588. The Labute approximate surface area is 153 Å². The number of hydrogen-bond acceptors (Lipinski definition) is 4. The van der Waals surface area contributed by atoms with Gasteiger partial charge in [0.15, 0.2) is 6.61 Å². The molecule has 0 saturated carbocycles. The van der Waals surface area contributed by atoms with Crippen molar-refractivity contribution in [2.45, 2.75) is 0 Å². The van der Waals surface area contributed by atoms with Crippen LogP contribution in [-0.2, 0) is 4.79 Å². The van der Waals surface area contributed by atoms with Crippen LogP contribution in [0, 0.1) is 0 Å². The Bertz CT molecular complexity index is 854. The average Bonchev–Trinajstić information content (AvgIpc) is 3.10. The normalized spacial score (nSPS) is 10.4. The summed E-state index contributed by atoms with van der Waals surface area (Å²) in [5, 5.41) is 6.48. The molecule has 24 heavy (non-hydrogen) atoms. The fourth-order valence-corrected chi connectivity index (χ4v) is 2.99. The first kappa shape index (κ1) is 16.8. The summed E-state index contributed by atoms with van der Waals surface area (Å²) < 4.78 is 5.42. The second-order valence-corrected chi connectivity index (χ2v) is 6.57. The molecule has 4 nitrogen and oxygen atoms in total. The van der Waals surface area contributed by atoms with Gasteiger partial charge in [0, 0.05) is 33.9 Å². The van der Waals surface area contributed by atoms with E-state index in [1.54, 1.807) is 30.5 Å². The molecule has 1 aromatic heterocycles. The van der Waals surface area contributed by atoms with Gasteiger partial charge in [-0.1, -0.05) is 35.3 Å². The minimum Gasteiger partial charge on any atom is -0.482 e. The van der Waals surface area contributed by atoms with Crippen LogP contribution >= 0.6 is 34.5 Å². The van der Waals surface area contributed by atoms with E-state index in [1.165, 1.54) is 11.3 Å². The number of nitrogens with one attached hydrogen (secondary N) is 1. The zero-order chi connectivity index (χ0) is 16.9. The standard InChI is InChI=1S/C17H12Cl2N2O2S/c18-12-4-5-14(19)15(9-12)23-10-16(22)21-13-3-1-2-11(8-13)17-20-6-7-24-17/h1-9H,10H2,(H,21,22). The zero-order valence-electron chi connectivity index (χ0n) is 12.3. The molecule has 122 valence electrons. The number of benzene rings is 2. The van der Waals surface area contributed by atoms with Crippen molar-refractivity contribution in [3.63, 3.8) is 0 Å². The lowest BCUT2D eigenvalue weighted by atomic mass is 10.2. The van der Waals surface area contributed by atoms with Crippen molar-refractivity contribution in [1.29, 1.82) is 0 Å². The SMILES string of the molecule is O=C(COc1cc(Cl)ccc1Cl)Nc1cccc(-c2nccs2)c1. The molecule has 0 fully saturated rings. The topological polar surface area (TPSA) is 51.2 Å². The Morgan fingerprint density at radius 2 is 2.08 bits per heavy atom. The quantitative estimate of drug-likeness (QED) is 0.668. The van der Waals surface area contributed by atoms with E-state index >= 15 is 0 Å². The maximum Gasteiger partial charge on any atom is 0.262 e. The number of halogens is 2. The van der Waals surface area contributed by atoms with E-state index in [4.69, 9.17) is 27.9 Å². The second-order valence-electron chi connectivity index (χ2n) is 4.83. The Hall–Kier alpha value is -2.08. The average molecular weight is 379 g/mol. The van der Waals surface area contributed by atoms with Crippen molar-refractivity contribution in [1.82, 2.24) is 4.98 Å². The largest absolute Gasteiger partial charge is 0.482 e.